The fourth-order valence-corrected chi connectivity index (χ4v) is 3.40. The number of carbonyl (C=O) groups excluding carboxylic acids is 2. The van der Waals surface area contributed by atoms with Gasteiger partial charge in [-0.05, 0) is 45.2 Å². The molecule has 1 fully saturated rings. The van der Waals surface area contributed by atoms with Crippen LogP contribution in [-0.2, 0) is 23.1 Å². The number of rotatable bonds is 7. The van der Waals surface area contributed by atoms with E-state index in [1.165, 1.54) is 0 Å². The number of hydrogen-bond acceptors (Lipinski definition) is 5. The van der Waals surface area contributed by atoms with Crippen LogP contribution in [-0.4, -0.2) is 44.7 Å². The van der Waals surface area contributed by atoms with Crippen LogP contribution in [0.15, 0.2) is 24.5 Å². The molecule has 3 rings (SSSR count). The van der Waals surface area contributed by atoms with E-state index in [0.29, 0.717) is 25.3 Å². The van der Waals surface area contributed by atoms with E-state index in [0.717, 1.165) is 23.4 Å². The van der Waals surface area contributed by atoms with Crippen molar-refractivity contribution >= 4 is 11.9 Å². The number of pyridine rings is 1. The van der Waals surface area contributed by atoms with E-state index in [9.17, 15) is 9.59 Å². The molecular weight excluding hydrogens is 344 g/mol. The van der Waals surface area contributed by atoms with Gasteiger partial charge in [0.05, 0.1) is 23.8 Å². The van der Waals surface area contributed by atoms with Crippen LogP contribution < -0.4 is 0 Å². The van der Waals surface area contributed by atoms with Gasteiger partial charge >= 0.3 is 5.97 Å². The summed E-state index contributed by atoms with van der Waals surface area (Å²) >= 11 is 0. The minimum atomic E-state index is -0.162. The van der Waals surface area contributed by atoms with Crippen molar-refractivity contribution in [3.05, 3.63) is 47.0 Å². The van der Waals surface area contributed by atoms with Crippen molar-refractivity contribution in [1.82, 2.24) is 19.7 Å². The van der Waals surface area contributed by atoms with Gasteiger partial charge in [-0.15, -0.1) is 0 Å². The lowest BCUT2D eigenvalue weighted by molar-refractivity contribution is -0.145. The average Bonchev–Trinajstić information content (AvgIpc) is 3.39. The SMILES string of the molecule is CCOC(=O)[C@H]1C[C@@H]1CN(Cc1c(C)nn(C)c1C)C(=O)c1cccnc1. The molecule has 1 saturated carbocycles. The number of carbonyl (C=O) groups is 2. The molecule has 0 N–H and O–H groups in total. The average molecular weight is 370 g/mol. The molecule has 1 amide bonds. The van der Waals surface area contributed by atoms with E-state index < -0.39 is 0 Å². The van der Waals surface area contributed by atoms with Crippen molar-refractivity contribution in [2.24, 2.45) is 18.9 Å². The summed E-state index contributed by atoms with van der Waals surface area (Å²) in [7, 11) is 1.90. The number of hydrogen-bond donors (Lipinski definition) is 0. The number of aryl methyl sites for hydroxylation is 2. The van der Waals surface area contributed by atoms with Crippen LogP contribution in [0.3, 0.4) is 0 Å². The van der Waals surface area contributed by atoms with E-state index in [1.807, 2.05) is 32.5 Å². The first-order valence-corrected chi connectivity index (χ1v) is 9.27. The van der Waals surface area contributed by atoms with Gasteiger partial charge in [-0.2, -0.15) is 5.10 Å². The van der Waals surface area contributed by atoms with E-state index in [4.69, 9.17) is 4.74 Å². The van der Waals surface area contributed by atoms with Crippen LogP contribution in [0.25, 0.3) is 0 Å². The normalized spacial score (nSPS) is 18.2. The molecule has 2 aromatic rings. The van der Waals surface area contributed by atoms with Crippen molar-refractivity contribution < 1.29 is 14.3 Å². The maximum absolute atomic E-state index is 13.1. The summed E-state index contributed by atoms with van der Waals surface area (Å²) in [6.07, 6.45) is 3.99. The Kier molecular flexibility index (Phi) is 5.58. The molecular formula is C20H26N4O3. The van der Waals surface area contributed by atoms with Gasteiger partial charge in [0.25, 0.3) is 5.91 Å². The molecule has 0 saturated heterocycles. The molecule has 7 heteroatoms. The van der Waals surface area contributed by atoms with Crippen molar-refractivity contribution in [2.45, 2.75) is 33.7 Å². The highest BCUT2D eigenvalue weighted by molar-refractivity contribution is 5.94. The van der Waals surface area contributed by atoms with Crippen LogP contribution in [0.5, 0.6) is 0 Å². The topological polar surface area (TPSA) is 77.3 Å². The Morgan fingerprint density at radius 1 is 1.37 bits per heavy atom. The second-order valence-electron chi connectivity index (χ2n) is 7.05. The summed E-state index contributed by atoms with van der Waals surface area (Å²) in [6.45, 7) is 7.13. The minimum absolute atomic E-state index is 0.0831. The Morgan fingerprint density at radius 3 is 2.74 bits per heavy atom. The maximum Gasteiger partial charge on any atom is 0.309 e. The van der Waals surface area contributed by atoms with Gasteiger partial charge in [-0.3, -0.25) is 19.3 Å². The van der Waals surface area contributed by atoms with Crippen LogP contribution in [0, 0.1) is 25.7 Å². The Labute approximate surface area is 159 Å². The molecule has 0 bridgehead atoms. The maximum atomic E-state index is 13.1. The fourth-order valence-electron chi connectivity index (χ4n) is 3.40. The Morgan fingerprint density at radius 2 is 2.15 bits per heavy atom. The Bertz CT molecular complexity index is 831. The molecule has 1 aliphatic carbocycles. The third-order valence-electron chi connectivity index (χ3n) is 5.17. The zero-order chi connectivity index (χ0) is 19.6. The van der Waals surface area contributed by atoms with Crippen LogP contribution >= 0.6 is 0 Å². The number of amides is 1. The zero-order valence-corrected chi connectivity index (χ0v) is 16.3. The van der Waals surface area contributed by atoms with Crippen LogP contribution in [0.4, 0.5) is 0 Å². The third kappa shape index (κ3) is 4.18. The first-order valence-electron chi connectivity index (χ1n) is 9.27. The largest absolute Gasteiger partial charge is 0.466 e. The van der Waals surface area contributed by atoms with E-state index in [2.05, 4.69) is 10.1 Å². The molecule has 2 aromatic heterocycles. The van der Waals surface area contributed by atoms with Gasteiger partial charge in [0.15, 0.2) is 0 Å². The molecule has 1 aliphatic rings. The minimum Gasteiger partial charge on any atom is -0.466 e. The molecule has 0 radical (unpaired) electrons. The number of nitrogens with zero attached hydrogens (tertiary/aromatic N) is 4. The highest BCUT2D eigenvalue weighted by Crippen LogP contribution is 2.40. The first kappa shape index (κ1) is 19.1. The van der Waals surface area contributed by atoms with Crippen molar-refractivity contribution in [3.63, 3.8) is 0 Å². The first-order chi connectivity index (χ1) is 12.9. The van der Waals surface area contributed by atoms with Crippen molar-refractivity contribution in [3.8, 4) is 0 Å². The summed E-state index contributed by atoms with van der Waals surface area (Å²) < 4.78 is 6.95. The Hall–Kier alpha value is -2.70. The highest BCUT2D eigenvalue weighted by Gasteiger charge is 2.45. The summed E-state index contributed by atoms with van der Waals surface area (Å²) in [4.78, 5) is 30.9. The van der Waals surface area contributed by atoms with Gasteiger partial charge in [-0.1, -0.05) is 0 Å². The number of ether oxygens (including phenoxy) is 1. The fraction of sp³-hybridized carbons (Fsp3) is 0.500. The van der Waals surface area contributed by atoms with E-state index in [-0.39, 0.29) is 23.7 Å². The van der Waals surface area contributed by atoms with Gasteiger partial charge < -0.3 is 9.64 Å². The van der Waals surface area contributed by atoms with Gasteiger partial charge in [0.1, 0.15) is 0 Å². The van der Waals surface area contributed by atoms with Crippen molar-refractivity contribution in [2.75, 3.05) is 13.2 Å². The van der Waals surface area contributed by atoms with Gasteiger partial charge in [0.2, 0.25) is 0 Å². The van der Waals surface area contributed by atoms with Gasteiger partial charge in [-0.25, -0.2) is 0 Å². The molecule has 2 atom stereocenters. The van der Waals surface area contributed by atoms with Crippen LogP contribution in [0.2, 0.25) is 0 Å². The lowest BCUT2D eigenvalue weighted by Gasteiger charge is -2.23. The summed E-state index contributed by atoms with van der Waals surface area (Å²) in [5, 5.41) is 4.45. The molecule has 7 nitrogen and oxygen atoms in total. The molecule has 144 valence electrons. The number of aromatic nitrogens is 3. The molecule has 0 unspecified atom stereocenters. The summed E-state index contributed by atoms with van der Waals surface area (Å²) in [5.74, 6) is -0.211. The van der Waals surface area contributed by atoms with E-state index >= 15 is 0 Å². The summed E-state index contributed by atoms with van der Waals surface area (Å²) in [6, 6.07) is 3.52. The molecule has 0 spiro atoms. The summed E-state index contributed by atoms with van der Waals surface area (Å²) in [5.41, 5.74) is 3.54. The predicted molar refractivity (Wildman–Crippen MR) is 99.9 cm³/mol. The lowest BCUT2D eigenvalue weighted by atomic mass is 10.1. The molecule has 0 aliphatic heterocycles. The molecule has 27 heavy (non-hydrogen) atoms. The standard InChI is InChI=1S/C20H26N4O3/c1-5-27-20(26)17-9-16(17)11-24(19(25)15-7-6-8-21-10-15)12-18-13(2)22-23(4)14(18)3/h6-8,10,16-17H,5,9,11-12H2,1-4H3/t16-,17+/m1/s1. The van der Waals surface area contributed by atoms with E-state index in [1.54, 1.807) is 29.4 Å². The monoisotopic (exact) mass is 370 g/mol. The smallest absolute Gasteiger partial charge is 0.309 e. The second kappa shape index (κ2) is 7.90. The molecule has 0 aromatic carbocycles. The van der Waals surface area contributed by atoms with Gasteiger partial charge in [0, 0.05) is 43.8 Å². The third-order valence-corrected chi connectivity index (χ3v) is 5.17. The highest BCUT2D eigenvalue weighted by atomic mass is 16.5. The Balaban J connectivity index is 1.79. The second-order valence-corrected chi connectivity index (χ2v) is 7.05. The zero-order valence-electron chi connectivity index (χ0n) is 16.3. The molecule has 2 heterocycles. The predicted octanol–water partition coefficient (Wildman–Crippen LogP) is 2.27. The van der Waals surface area contributed by atoms with Crippen LogP contribution in [0.1, 0.15) is 40.7 Å². The van der Waals surface area contributed by atoms with Crippen molar-refractivity contribution in [1.29, 1.82) is 0 Å². The number of esters is 1. The lowest BCUT2D eigenvalue weighted by Crippen LogP contribution is -2.33. The quantitative estimate of drug-likeness (QED) is 0.699.